The van der Waals surface area contributed by atoms with E-state index in [0.717, 1.165) is 30.6 Å². The SMILES string of the molecule is CCCN(Cc1cccc(N)c1)C(=O)C1COC(C)C1. The first-order valence-corrected chi connectivity index (χ1v) is 7.35. The summed E-state index contributed by atoms with van der Waals surface area (Å²) in [5.74, 6) is 0.219. The number of carbonyl (C=O) groups is 1. The van der Waals surface area contributed by atoms with Gasteiger partial charge in [0.15, 0.2) is 0 Å². The molecule has 1 fully saturated rings. The molecule has 4 nitrogen and oxygen atoms in total. The summed E-state index contributed by atoms with van der Waals surface area (Å²) in [6.07, 6.45) is 1.98. The Bertz CT molecular complexity index is 462. The summed E-state index contributed by atoms with van der Waals surface area (Å²) in [5.41, 5.74) is 7.62. The molecule has 0 aromatic heterocycles. The molecule has 110 valence electrons. The fourth-order valence-corrected chi connectivity index (χ4v) is 2.70. The van der Waals surface area contributed by atoms with Gasteiger partial charge in [-0.05, 0) is 37.5 Å². The van der Waals surface area contributed by atoms with Crippen LogP contribution < -0.4 is 5.73 Å². The molecule has 0 aliphatic carbocycles. The van der Waals surface area contributed by atoms with Crippen LogP contribution in [-0.4, -0.2) is 30.1 Å². The lowest BCUT2D eigenvalue weighted by Crippen LogP contribution is -2.36. The van der Waals surface area contributed by atoms with Gasteiger partial charge < -0.3 is 15.4 Å². The van der Waals surface area contributed by atoms with E-state index >= 15 is 0 Å². The Kier molecular flexibility index (Phi) is 5.01. The Balaban J connectivity index is 2.04. The minimum absolute atomic E-state index is 0.0117. The van der Waals surface area contributed by atoms with Crippen LogP contribution in [0.1, 0.15) is 32.3 Å². The van der Waals surface area contributed by atoms with Crippen LogP contribution in [0.25, 0.3) is 0 Å². The highest BCUT2D eigenvalue weighted by atomic mass is 16.5. The molecule has 1 aromatic carbocycles. The van der Waals surface area contributed by atoms with E-state index in [-0.39, 0.29) is 17.9 Å². The number of nitrogens with two attached hydrogens (primary N) is 1. The van der Waals surface area contributed by atoms with Gasteiger partial charge in [-0.1, -0.05) is 19.1 Å². The molecule has 1 heterocycles. The van der Waals surface area contributed by atoms with Crippen LogP contribution in [0.3, 0.4) is 0 Å². The number of nitrogens with zero attached hydrogens (tertiary/aromatic N) is 1. The van der Waals surface area contributed by atoms with Gasteiger partial charge in [0.05, 0.1) is 18.6 Å². The van der Waals surface area contributed by atoms with Crippen LogP contribution in [0.4, 0.5) is 5.69 Å². The number of anilines is 1. The second kappa shape index (κ2) is 6.75. The summed E-state index contributed by atoms with van der Waals surface area (Å²) in [5, 5.41) is 0. The number of ether oxygens (including phenoxy) is 1. The number of hydrogen-bond acceptors (Lipinski definition) is 3. The first-order chi connectivity index (χ1) is 9.60. The molecule has 2 atom stereocenters. The highest BCUT2D eigenvalue weighted by Crippen LogP contribution is 2.22. The summed E-state index contributed by atoms with van der Waals surface area (Å²) in [7, 11) is 0. The summed E-state index contributed by atoms with van der Waals surface area (Å²) in [6.45, 7) is 6.07. The molecular weight excluding hydrogens is 252 g/mol. The molecular formula is C16H24N2O2. The lowest BCUT2D eigenvalue weighted by molar-refractivity contribution is -0.136. The van der Waals surface area contributed by atoms with Crippen molar-refractivity contribution in [1.29, 1.82) is 0 Å². The third-order valence-corrected chi connectivity index (χ3v) is 3.68. The lowest BCUT2D eigenvalue weighted by Gasteiger charge is -2.25. The van der Waals surface area contributed by atoms with Gasteiger partial charge in [0.25, 0.3) is 0 Å². The number of nitrogen functional groups attached to an aromatic ring is 1. The molecule has 0 spiro atoms. The minimum Gasteiger partial charge on any atom is -0.399 e. The molecule has 2 rings (SSSR count). The van der Waals surface area contributed by atoms with E-state index in [9.17, 15) is 4.79 Å². The number of rotatable bonds is 5. The molecule has 1 aliphatic heterocycles. The normalized spacial score (nSPS) is 21.9. The molecule has 0 saturated carbocycles. The molecule has 1 aromatic rings. The van der Waals surface area contributed by atoms with Crippen molar-refractivity contribution in [2.45, 2.75) is 39.3 Å². The van der Waals surface area contributed by atoms with E-state index in [1.807, 2.05) is 36.1 Å². The Morgan fingerprint density at radius 3 is 2.90 bits per heavy atom. The van der Waals surface area contributed by atoms with Gasteiger partial charge in [-0.15, -0.1) is 0 Å². The quantitative estimate of drug-likeness (QED) is 0.840. The second-order valence-electron chi connectivity index (χ2n) is 5.58. The Morgan fingerprint density at radius 2 is 2.30 bits per heavy atom. The van der Waals surface area contributed by atoms with Crippen molar-refractivity contribution in [2.75, 3.05) is 18.9 Å². The van der Waals surface area contributed by atoms with Crippen molar-refractivity contribution >= 4 is 11.6 Å². The second-order valence-corrected chi connectivity index (χ2v) is 5.58. The van der Waals surface area contributed by atoms with E-state index in [1.54, 1.807) is 0 Å². The zero-order chi connectivity index (χ0) is 14.5. The first-order valence-electron chi connectivity index (χ1n) is 7.35. The summed E-state index contributed by atoms with van der Waals surface area (Å²) in [4.78, 5) is 14.5. The average molecular weight is 276 g/mol. The Morgan fingerprint density at radius 1 is 1.50 bits per heavy atom. The summed E-state index contributed by atoms with van der Waals surface area (Å²) in [6, 6.07) is 7.74. The summed E-state index contributed by atoms with van der Waals surface area (Å²) >= 11 is 0. The maximum atomic E-state index is 12.6. The van der Waals surface area contributed by atoms with Crippen LogP contribution in [0.5, 0.6) is 0 Å². The smallest absolute Gasteiger partial charge is 0.228 e. The van der Waals surface area contributed by atoms with Gasteiger partial charge in [-0.3, -0.25) is 4.79 Å². The van der Waals surface area contributed by atoms with Crippen LogP contribution in [-0.2, 0) is 16.1 Å². The van der Waals surface area contributed by atoms with E-state index in [4.69, 9.17) is 10.5 Å². The highest BCUT2D eigenvalue weighted by molar-refractivity contribution is 5.79. The van der Waals surface area contributed by atoms with Crippen molar-refractivity contribution in [2.24, 2.45) is 5.92 Å². The topological polar surface area (TPSA) is 55.6 Å². The van der Waals surface area contributed by atoms with Gasteiger partial charge in [-0.2, -0.15) is 0 Å². The van der Waals surface area contributed by atoms with Gasteiger partial charge in [-0.25, -0.2) is 0 Å². The van der Waals surface area contributed by atoms with Gasteiger partial charge in [0.1, 0.15) is 0 Å². The monoisotopic (exact) mass is 276 g/mol. The number of amides is 1. The van der Waals surface area contributed by atoms with Gasteiger partial charge in [0, 0.05) is 18.8 Å². The fourth-order valence-electron chi connectivity index (χ4n) is 2.70. The fraction of sp³-hybridized carbons (Fsp3) is 0.562. The molecule has 1 aliphatic rings. The zero-order valence-corrected chi connectivity index (χ0v) is 12.3. The van der Waals surface area contributed by atoms with E-state index in [0.29, 0.717) is 13.2 Å². The largest absolute Gasteiger partial charge is 0.399 e. The molecule has 0 bridgehead atoms. The van der Waals surface area contributed by atoms with Crippen LogP contribution in [0.2, 0.25) is 0 Å². The van der Waals surface area contributed by atoms with Crippen molar-refractivity contribution in [3.05, 3.63) is 29.8 Å². The molecule has 0 radical (unpaired) electrons. The molecule has 20 heavy (non-hydrogen) atoms. The van der Waals surface area contributed by atoms with Crippen LogP contribution in [0.15, 0.2) is 24.3 Å². The van der Waals surface area contributed by atoms with Crippen molar-refractivity contribution in [3.63, 3.8) is 0 Å². The van der Waals surface area contributed by atoms with Crippen molar-refractivity contribution < 1.29 is 9.53 Å². The van der Waals surface area contributed by atoms with E-state index in [1.165, 1.54) is 0 Å². The average Bonchev–Trinajstić information content (AvgIpc) is 2.84. The van der Waals surface area contributed by atoms with Gasteiger partial charge >= 0.3 is 0 Å². The maximum Gasteiger partial charge on any atom is 0.228 e. The number of hydrogen-bond donors (Lipinski definition) is 1. The van der Waals surface area contributed by atoms with Crippen molar-refractivity contribution in [1.82, 2.24) is 4.90 Å². The molecule has 1 saturated heterocycles. The van der Waals surface area contributed by atoms with E-state index < -0.39 is 0 Å². The van der Waals surface area contributed by atoms with Crippen LogP contribution >= 0.6 is 0 Å². The first kappa shape index (κ1) is 14.9. The molecule has 4 heteroatoms. The third kappa shape index (κ3) is 3.73. The van der Waals surface area contributed by atoms with E-state index in [2.05, 4.69) is 6.92 Å². The Hall–Kier alpha value is -1.55. The molecule has 1 amide bonds. The lowest BCUT2D eigenvalue weighted by atomic mass is 10.0. The number of carbonyl (C=O) groups excluding carboxylic acids is 1. The standard InChI is InChI=1S/C16H24N2O2/c1-3-7-18(10-13-5-4-6-15(17)9-13)16(19)14-8-12(2)20-11-14/h4-6,9,12,14H,3,7-8,10-11,17H2,1-2H3. The van der Waals surface area contributed by atoms with Crippen LogP contribution in [0, 0.1) is 5.92 Å². The predicted octanol–water partition coefficient (Wildman–Crippen LogP) is 2.43. The van der Waals surface area contributed by atoms with Gasteiger partial charge in [0.2, 0.25) is 5.91 Å². The number of benzene rings is 1. The maximum absolute atomic E-state index is 12.6. The highest BCUT2D eigenvalue weighted by Gasteiger charge is 2.31. The molecule has 2 unspecified atom stereocenters. The summed E-state index contributed by atoms with van der Waals surface area (Å²) < 4.78 is 5.52. The predicted molar refractivity (Wildman–Crippen MR) is 80.1 cm³/mol. The third-order valence-electron chi connectivity index (χ3n) is 3.68. The van der Waals surface area contributed by atoms with Crippen molar-refractivity contribution in [3.8, 4) is 0 Å². The minimum atomic E-state index is 0.0117. The zero-order valence-electron chi connectivity index (χ0n) is 12.3. The molecule has 2 N–H and O–H groups in total. The Labute approximate surface area is 120 Å².